The summed E-state index contributed by atoms with van der Waals surface area (Å²) in [6, 6.07) is 20.1. The molecule has 0 saturated carbocycles. The number of benzene rings is 3. The highest BCUT2D eigenvalue weighted by atomic mass is 35.5. The first kappa shape index (κ1) is 24.1. The average molecular weight is 499 g/mol. The minimum absolute atomic E-state index is 0.0795. The fourth-order valence-corrected chi connectivity index (χ4v) is 5.90. The van der Waals surface area contributed by atoms with Gasteiger partial charge in [-0.05, 0) is 51.1 Å². The Hall–Kier alpha value is -3.03. The summed E-state index contributed by atoms with van der Waals surface area (Å²) in [4.78, 5) is 13.4. The van der Waals surface area contributed by atoms with E-state index in [1.54, 1.807) is 42.5 Å². The van der Waals surface area contributed by atoms with Gasteiger partial charge in [0.25, 0.3) is 10.0 Å². The Morgan fingerprint density at radius 1 is 1.09 bits per heavy atom. The van der Waals surface area contributed by atoms with Crippen molar-refractivity contribution in [3.8, 4) is 5.75 Å². The van der Waals surface area contributed by atoms with Crippen LogP contribution in [0.1, 0.15) is 37.4 Å². The Labute approximate surface area is 205 Å². The lowest BCUT2D eigenvalue weighted by Crippen LogP contribution is -2.45. The number of nitrogens with zero attached hydrogens (tertiary/aromatic N) is 1. The first-order chi connectivity index (χ1) is 16.1. The number of hydrogen-bond donors (Lipinski definition) is 1. The lowest BCUT2D eigenvalue weighted by molar-refractivity contribution is -0.120. The Morgan fingerprint density at radius 2 is 1.76 bits per heavy atom. The number of rotatable bonds is 6. The molecule has 0 bridgehead atoms. The highest BCUT2D eigenvalue weighted by Gasteiger charge is 2.36. The molecule has 0 fully saturated rings. The molecule has 3 aromatic rings. The maximum absolute atomic E-state index is 13.5. The molecular weight excluding hydrogens is 472 g/mol. The molecule has 0 aromatic heterocycles. The number of carbonyl (C=O) groups excluding carboxylic acids is 1. The molecule has 1 heterocycles. The second kappa shape index (κ2) is 9.31. The summed E-state index contributed by atoms with van der Waals surface area (Å²) in [5, 5.41) is 3.27. The van der Waals surface area contributed by atoms with E-state index in [4.69, 9.17) is 16.3 Å². The second-order valence-electron chi connectivity index (χ2n) is 9.00. The Bertz CT molecular complexity index is 1310. The van der Waals surface area contributed by atoms with Gasteiger partial charge in [0.05, 0.1) is 21.6 Å². The molecule has 6 nitrogen and oxygen atoms in total. The number of anilines is 1. The third-order valence-corrected chi connectivity index (χ3v) is 7.79. The van der Waals surface area contributed by atoms with Crippen LogP contribution in [0.25, 0.3) is 0 Å². The van der Waals surface area contributed by atoms with Crippen molar-refractivity contribution in [1.29, 1.82) is 0 Å². The zero-order valence-corrected chi connectivity index (χ0v) is 20.9. The number of nitrogens with one attached hydrogen (secondary N) is 1. The van der Waals surface area contributed by atoms with Crippen LogP contribution in [0.15, 0.2) is 77.7 Å². The molecule has 0 aliphatic carbocycles. The Morgan fingerprint density at radius 3 is 2.47 bits per heavy atom. The largest absolute Gasteiger partial charge is 0.487 e. The van der Waals surface area contributed by atoms with E-state index in [9.17, 15) is 13.2 Å². The van der Waals surface area contributed by atoms with E-state index in [2.05, 4.69) is 5.32 Å². The van der Waals surface area contributed by atoms with Crippen LogP contribution in [0.4, 0.5) is 5.69 Å². The zero-order chi connectivity index (χ0) is 24.5. The Balaban J connectivity index is 1.66. The summed E-state index contributed by atoms with van der Waals surface area (Å²) in [5.41, 5.74) is 1.68. The van der Waals surface area contributed by atoms with Gasteiger partial charge in [-0.2, -0.15) is 0 Å². The van der Waals surface area contributed by atoms with Crippen LogP contribution < -0.4 is 14.4 Å². The van der Waals surface area contributed by atoms with E-state index in [1.165, 1.54) is 12.1 Å². The molecule has 178 valence electrons. The number of halogens is 1. The number of hydrogen-bond acceptors (Lipinski definition) is 4. The number of sulfonamides is 1. The number of aryl methyl sites for hydroxylation is 1. The smallest absolute Gasteiger partial charge is 0.264 e. The molecule has 0 radical (unpaired) electrons. The van der Waals surface area contributed by atoms with Gasteiger partial charge in [0.15, 0.2) is 0 Å². The molecule has 1 aliphatic rings. The number of carbonyl (C=O) groups is 1. The molecule has 1 N–H and O–H groups in total. The maximum atomic E-state index is 13.5. The van der Waals surface area contributed by atoms with Gasteiger partial charge in [-0.1, -0.05) is 59.6 Å². The van der Waals surface area contributed by atoms with Gasteiger partial charge in [-0.15, -0.1) is 0 Å². The topological polar surface area (TPSA) is 75.7 Å². The lowest BCUT2D eigenvalue weighted by Gasteiger charge is -2.38. The quantitative estimate of drug-likeness (QED) is 0.503. The molecule has 1 unspecified atom stereocenters. The predicted octanol–water partition coefficient (Wildman–Crippen LogP) is 5.26. The van der Waals surface area contributed by atoms with Gasteiger partial charge in [0, 0.05) is 12.0 Å². The van der Waals surface area contributed by atoms with Crippen molar-refractivity contribution < 1.29 is 17.9 Å². The molecule has 4 rings (SSSR count). The summed E-state index contributed by atoms with van der Waals surface area (Å²) in [7, 11) is -4.04. The predicted molar refractivity (Wildman–Crippen MR) is 134 cm³/mol. The van der Waals surface area contributed by atoms with Crippen LogP contribution in [0.2, 0.25) is 5.02 Å². The third kappa shape index (κ3) is 5.05. The van der Waals surface area contributed by atoms with Gasteiger partial charge < -0.3 is 10.1 Å². The molecule has 0 spiro atoms. The fourth-order valence-electron chi connectivity index (χ4n) is 4.15. The Kier molecular flexibility index (Phi) is 6.60. The van der Waals surface area contributed by atoms with E-state index < -0.39 is 28.1 Å². The van der Waals surface area contributed by atoms with Crippen LogP contribution >= 0.6 is 11.6 Å². The van der Waals surface area contributed by atoms with Crippen molar-refractivity contribution >= 4 is 33.2 Å². The van der Waals surface area contributed by atoms with Gasteiger partial charge in [0.1, 0.15) is 17.9 Å². The van der Waals surface area contributed by atoms with Crippen molar-refractivity contribution in [2.45, 2.75) is 43.7 Å². The number of fused-ring (bicyclic) bond motifs is 1. The number of amides is 1. The molecule has 34 heavy (non-hydrogen) atoms. The van der Waals surface area contributed by atoms with Gasteiger partial charge in [0.2, 0.25) is 5.91 Å². The zero-order valence-electron chi connectivity index (χ0n) is 19.3. The minimum atomic E-state index is -4.04. The SMILES string of the molecule is Cc1ccc2c(c1)C(NC(=O)CN(c1ccccc1Cl)S(=O)(=O)c1ccccc1)CC(C)(C)O2. The van der Waals surface area contributed by atoms with Crippen LogP contribution in [0.3, 0.4) is 0 Å². The summed E-state index contributed by atoms with van der Waals surface area (Å²) >= 11 is 6.36. The summed E-state index contributed by atoms with van der Waals surface area (Å²) in [5.74, 6) is 0.279. The van der Waals surface area contributed by atoms with Crippen molar-refractivity contribution in [2.24, 2.45) is 0 Å². The summed E-state index contributed by atoms with van der Waals surface area (Å²) < 4.78 is 34.2. The van der Waals surface area contributed by atoms with Gasteiger partial charge >= 0.3 is 0 Å². The van der Waals surface area contributed by atoms with Crippen LogP contribution in [0.5, 0.6) is 5.75 Å². The third-order valence-electron chi connectivity index (χ3n) is 5.70. The molecule has 0 saturated heterocycles. The molecule has 1 amide bonds. The van der Waals surface area contributed by atoms with E-state index in [1.807, 2.05) is 39.0 Å². The van der Waals surface area contributed by atoms with Gasteiger partial charge in [-0.25, -0.2) is 8.42 Å². The van der Waals surface area contributed by atoms with E-state index in [0.717, 1.165) is 15.4 Å². The molecule has 1 atom stereocenters. The normalized spacial score (nSPS) is 16.8. The summed E-state index contributed by atoms with van der Waals surface area (Å²) in [6.45, 7) is 5.49. The molecule has 1 aliphatic heterocycles. The van der Waals surface area contributed by atoms with E-state index >= 15 is 0 Å². The monoisotopic (exact) mass is 498 g/mol. The number of para-hydroxylation sites is 1. The summed E-state index contributed by atoms with van der Waals surface area (Å²) in [6.07, 6.45) is 0.548. The minimum Gasteiger partial charge on any atom is -0.487 e. The second-order valence-corrected chi connectivity index (χ2v) is 11.3. The van der Waals surface area contributed by atoms with E-state index in [0.29, 0.717) is 12.2 Å². The first-order valence-corrected chi connectivity index (χ1v) is 12.8. The van der Waals surface area contributed by atoms with Crippen molar-refractivity contribution in [2.75, 3.05) is 10.8 Å². The molecule has 8 heteroatoms. The lowest BCUT2D eigenvalue weighted by atomic mass is 9.89. The van der Waals surface area contributed by atoms with Gasteiger partial charge in [-0.3, -0.25) is 9.10 Å². The van der Waals surface area contributed by atoms with E-state index in [-0.39, 0.29) is 21.6 Å². The van der Waals surface area contributed by atoms with Crippen LogP contribution in [-0.4, -0.2) is 26.5 Å². The average Bonchev–Trinajstić information content (AvgIpc) is 2.78. The van der Waals surface area contributed by atoms with Crippen molar-refractivity contribution in [3.63, 3.8) is 0 Å². The first-order valence-electron chi connectivity index (χ1n) is 11.0. The molecule has 3 aromatic carbocycles. The van der Waals surface area contributed by atoms with Crippen LogP contribution in [-0.2, 0) is 14.8 Å². The maximum Gasteiger partial charge on any atom is 0.264 e. The van der Waals surface area contributed by atoms with Crippen LogP contribution in [0, 0.1) is 6.92 Å². The number of ether oxygens (including phenoxy) is 1. The van der Waals surface area contributed by atoms with Crippen molar-refractivity contribution in [1.82, 2.24) is 5.32 Å². The van der Waals surface area contributed by atoms with Crippen molar-refractivity contribution in [3.05, 3.63) is 88.9 Å². The highest BCUT2D eigenvalue weighted by molar-refractivity contribution is 7.92. The highest BCUT2D eigenvalue weighted by Crippen LogP contribution is 2.40. The molecular formula is C26H27ClN2O4S. The fraction of sp³-hybridized carbons (Fsp3) is 0.269. The standard InChI is InChI=1S/C26H27ClN2O4S/c1-18-13-14-24-20(15-18)22(16-26(2,3)33-24)28-25(30)17-29(23-12-8-7-11-21(23)27)34(31,32)19-9-5-4-6-10-19/h4-15,22H,16-17H2,1-3H3,(H,28,30).